The van der Waals surface area contributed by atoms with Crippen LogP contribution in [-0.2, 0) is 19.1 Å². The molecule has 0 aromatic rings. The number of carbonyl (C=O) groups is 3. The van der Waals surface area contributed by atoms with Gasteiger partial charge in [-0.05, 0) is 13.8 Å². The number of methoxy groups -OCH3 is 1. The van der Waals surface area contributed by atoms with Gasteiger partial charge in [-0.15, -0.1) is 0 Å². The maximum absolute atomic E-state index is 10.9. The zero-order chi connectivity index (χ0) is 9.94. The van der Waals surface area contributed by atoms with Crippen molar-refractivity contribution in [1.82, 2.24) is 0 Å². The van der Waals surface area contributed by atoms with E-state index in [0.29, 0.717) is 0 Å². The lowest BCUT2D eigenvalue weighted by Crippen LogP contribution is -2.38. The van der Waals surface area contributed by atoms with Gasteiger partial charge < -0.3 is 9.84 Å². The second-order valence-electron chi connectivity index (χ2n) is 2.75. The van der Waals surface area contributed by atoms with E-state index in [0.717, 1.165) is 7.11 Å². The Hall–Kier alpha value is -1.39. The third-order valence-corrected chi connectivity index (χ3v) is 1.46. The van der Waals surface area contributed by atoms with Gasteiger partial charge in [0.1, 0.15) is 5.41 Å². The van der Waals surface area contributed by atoms with Gasteiger partial charge in [0.25, 0.3) is 5.78 Å². The van der Waals surface area contributed by atoms with Crippen LogP contribution < -0.4 is 0 Å². The second-order valence-corrected chi connectivity index (χ2v) is 2.75. The molecule has 0 rings (SSSR count). The van der Waals surface area contributed by atoms with Crippen molar-refractivity contribution in [3.8, 4) is 0 Å². The van der Waals surface area contributed by atoms with E-state index in [-0.39, 0.29) is 0 Å². The summed E-state index contributed by atoms with van der Waals surface area (Å²) in [6.07, 6.45) is 0. The topological polar surface area (TPSA) is 80.7 Å². The van der Waals surface area contributed by atoms with Gasteiger partial charge in [-0.2, -0.15) is 0 Å². The molecule has 0 atom stereocenters. The quantitative estimate of drug-likeness (QED) is 0.365. The van der Waals surface area contributed by atoms with Gasteiger partial charge in [-0.25, -0.2) is 4.79 Å². The summed E-state index contributed by atoms with van der Waals surface area (Å²) in [5, 5.41) is 8.30. The largest absolute Gasteiger partial charge is 0.475 e. The Balaban J connectivity index is 4.73. The van der Waals surface area contributed by atoms with Crippen LogP contribution in [0.2, 0.25) is 0 Å². The van der Waals surface area contributed by atoms with Crippen molar-refractivity contribution in [3.63, 3.8) is 0 Å². The van der Waals surface area contributed by atoms with E-state index in [1.54, 1.807) is 0 Å². The molecule has 0 spiro atoms. The Labute approximate surface area is 69.3 Å². The molecular formula is C7H10O5. The molecule has 0 saturated carbocycles. The summed E-state index contributed by atoms with van der Waals surface area (Å²) in [7, 11) is 1.10. The average Bonchev–Trinajstić information content (AvgIpc) is 2.01. The first-order valence-corrected chi connectivity index (χ1v) is 3.20. The summed E-state index contributed by atoms with van der Waals surface area (Å²) in [5.41, 5.74) is -1.61. The highest BCUT2D eigenvalue weighted by Crippen LogP contribution is 2.18. The highest BCUT2D eigenvalue weighted by Gasteiger charge is 2.41. The molecule has 0 unspecified atom stereocenters. The minimum absolute atomic E-state index is 0.852. The number of ether oxygens (including phenoxy) is 1. The van der Waals surface area contributed by atoms with Gasteiger partial charge in [0.2, 0.25) is 0 Å². The zero-order valence-electron chi connectivity index (χ0n) is 7.08. The Morgan fingerprint density at radius 1 is 1.25 bits per heavy atom. The van der Waals surface area contributed by atoms with Crippen molar-refractivity contribution in [2.24, 2.45) is 5.41 Å². The van der Waals surface area contributed by atoms with Crippen molar-refractivity contribution in [3.05, 3.63) is 0 Å². The lowest BCUT2D eigenvalue weighted by atomic mass is 9.88. The molecule has 0 amide bonds. The van der Waals surface area contributed by atoms with Crippen molar-refractivity contribution >= 4 is 17.7 Å². The predicted molar refractivity (Wildman–Crippen MR) is 38.4 cm³/mol. The Morgan fingerprint density at radius 2 is 1.67 bits per heavy atom. The molecule has 5 nitrogen and oxygen atoms in total. The molecule has 0 aromatic heterocycles. The fourth-order valence-electron chi connectivity index (χ4n) is 0.615. The van der Waals surface area contributed by atoms with Crippen LogP contribution in [0, 0.1) is 5.41 Å². The summed E-state index contributed by atoms with van der Waals surface area (Å²) in [6, 6.07) is 0. The number of Topliss-reactive ketones (excluding diaryl/α,β-unsaturated/α-hetero) is 1. The molecule has 68 valence electrons. The molecule has 0 saturated heterocycles. The molecule has 12 heavy (non-hydrogen) atoms. The average molecular weight is 174 g/mol. The number of carboxylic acids is 1. The Kier molecular flexibility index (Phi) is 2.95. The normalized spacial score (nSPS) is 10.6. The van der Waals surface area contributed by atoms with Crippen LogP contribution in [0.4, 0.5) is 0 Å². The lowest BCUT2D eigenvalue weighted by molar-refractivity contribution is -0.163. The highest BCUT2D eigenvalue weighted by molar-refractivity contribution is 6.38. The van der Waals surface area contributed by atoms with E-state index in [4.69, 9.17) is 5.11 Å². The fraction of sp³-hybridized carbons (Fsp3) is 0.571. The monoisotopic (exact) mass is 174 g/mol. The van der Waals surface area contributed by atoms with E-state index in [1.807, 2.05) is 0 Å². The van der Waals surface area contributed by atoms with Crippen molar-refractivity contribution in [1.29, 1.82) is 0 Å². The molecule has 0 bridgehead atoms. The summed E-state index contributed by atoms with van der Waals surface area (Å²) in [4.78, 5) is 31.9. The third kappa shape index (κ3) is 1.81. The van der Waals surface area contributed by atoms with Crippen LogP contribution >= 0.6 is 0 Å². The zero-order valence-corrected chi connectivity index (χ0v) is 7.08. The van der Waals surface area contributed by atoms with E-state index in [1.165, 1.54) is 13.8 Å². The molecule has 0 heterocycles. The maximum Gasteiger partial charge on any atom is 0.373 e. The molecule has 1 N–H and O–H groups in total. The first kappa shape index (κ1) is 10.6. The molecule has 0 aliphatic carbocycles. The van der Waals surface area contributed by atoms with Crippen molar-refractivity contribution in [2.45, 2.75) is 13.8 Å². The number of carboxylic acid groups (broad SMARTS) is 1. The number of ketones is 1. The third-order valence-electron chi connectivity index (χ3n) is 1.46. The van der Waals surface area contributed by atoms with Gasteiger partial charge in [-0.1, -0.05) is 0 Å². The minimum atomic E-state index is -1.63. The molecule has 0 aromatic carbocycles. The molecule has 0 radical (unpaired) electrons. The van der Waals surface area contributed by atoms with E-state index in [2.05, 4.69) is 4.74 Å². The van der Waals surface area contributed by atoms with Gasteiger partial charge in [0.05, 0.1) is 7.11 Å². The van der Waals surface area contributed by atoms with Gasteiger partial charge in [0.15, 0.2) is 0 Å². The van der Waals surface area contributed by atoms with Crippen LogP contribution in [0.15, 0.2) is 0 Å². The number of carbonyl (C=O) groups excluding carboxylic acids is 2. The first-order valence-electron chi connectivity index (χ1n) is 3.20. The molecule has 0 fully saturated rings. The van der Waals surface area contributed by atoms with E-state index in [9.17, 15) is 14.4 Å². The Bertz CT molecular complexity index is 228. The standard InChI is InChI=1S/C7H10O5/c1-7(2,6(11)12-3)4(8)5(9)10/h1-3H3,(H,9,10). The number of aliphatic carboxylic acids is 1. The van der Waals surface area contributed by atoms with Crippen molar-refractivity contribution < 1.29 is 24.2 Å². The van der Waals surface area contributed by atoms with Gasteiger partial charge in [0, 0.05) is 0 Å². The van der Waals surface area contributed by atoms with Gasteiger partial charge in [-0.3, -0.25) is 9.59 Å². The SMILES string of the molecule is COC(=O)C(C)(C)C(=O)C(=O)O. The number of hydrogen-bond acceptors (Lipinski definition) is 4. The number of esters is 1. The molecule has 0 aliphatic heterocycles. The number of rotatable bonds is 3. The lowest BCUT2D eigenvalue weighted by Gasteiger charge is -2.16. The summed E-state index contributed by atoms with van der Waals surface area (Å²) in [5.74, 6) is -3.66. The highest BCUT2D eigenvalue weighted by atomic mass is 16.5. The maximum atomic E-state index is 10.9. The van der Waals surface area contributed by atoms with Crippen LogP contribution in [0.25, 0.3) is 0 Å². The summed E-state index contributed by atoms with van der Waals surface area (Å²) < 4.78 is 4.26. The molecule has 0 aliphatic rings. The minimum Gasteiger partial charge on any atom is -0.475 e. The van der Waals surface area contributed by atoms with Crippen LogP contribution in [0.5, 0.6) is 0 Å². The van der Waals surface area contributed by atoms with Crippen LogP contribution in [0.3, 0.4) is 0 Å². The molecular weight excluding hydrogens is 164 g/mol. The fourth-order valence-corrected chi connectivity index (χ4v) is 0.615. The van der Waals surface area contributed by atoms with E-state index < -0.39 is 23.1 Å². The Morgan fingerprint density at radius 3 is 1.92 bits per heavy atom. The predicted octanol–water partition coefficient (Wildman–Crippen LogP) is -0.161. The van der Waals surface area contributed by atoms with Crippen molar-refractivity contribution in [2.75, 3.05) is 7.11 Å². The summed E-state index contributed by atoms with van der Waals surface area (Å²) in [6.45, 7) is 2.41. The van der Waals surface area contributed by atoms with Crippen LogP contribution in [-0.4, -0.2) is 29.9 Å². The smallest absolute Gasteiger partial charge is 0.373 e. The molecule has 5 heteroatoms. The first-order chi connectivity index (χ1) is 5.34. The van der Waals surface area contributed by atoms with E-state index >= 15 is 0 Å². The van der Waals surface area contributed by atoms with Crippen LogP contribution in [0.1, 0.15) is 13.8 Å². The number of hydrogen-bond donors (Lipinski definition) is 1. The second kappa shape index (κ2) is 3.34. The summed E-state index contributed by atoms with van der Waals surface area (Å²) >= 11 is 0. The van der Waals surface area contributed by atoms with Gasteiger partial charge >= 0.3 is 11.9 Å².